The zero-order valence-corrected chi connectivity index (χ0v) is 12.7. The average Bonchev–Trinajstić information content (AvgIpc) is 2.50. The Morgan fingerprint density at radius 1 is 0.957 bits per heavy atom. The molecule has 0 atom stereocenters. The molecule has 2 nitrogen and oxygen atoms in total. The summed E-state index contributed by atoms with van der Waals surface area (Å²) < 4.78 is 40.4. The lowest BCUT2D eigenvalue weighted by Gasteiger charge is -2.15. The number of pyridine rings is 1. The molecule has 0 amide bonds. The first-order valence-corrected chi connectivity index (χ1v) is 7.11. The van der Waals surface area contributed by atoms with Crippen molar-refractivity contribution in [3.8, 4) is 11.3 Å². The van der Waals surface area contributed by atoms with E-state index in [2.05, 4.69) is 4.98 Å². The van der Waals surface area contributed by atoms with Crippen LogP contribution in [0.1, 0.15) is 16.7 Å². The summed E-state index contributed by atoms with van der Waals surface area (Å²) in [4.78, 5) is 4.43. The van der Waals surface area contributed by atoms with Crippen LogP contribution < -0.4 is 5.73 Å². The lowest BCUT2D eigenvalue weighted by atomic mass is 10.0. The Labute approximate surface area is 131 Å². The molecule has 2 aromatic carbocycles. The highest BCUT2D eigenvalue weighted by Crippen LogP contribution is 2.38. The molecular formula is C18H15F3N2. The summed E-state index contributed by atoms with van der Waals surface area (Å²) >= 11 is 0. The van der Waals surface area contributed by atoms with Gasteiger partial charge < -0.3 is 5.73 Å². The Balaban J connectivity index is 2.36. The predicted molar refractivity (Wildman–Crippen MR) is 86.1 cm³/mol. The number of nitrogens with zero attached hydrogens (tertiary/aromatic N) is 1. The molecule has 0 aliphatic carbocycles. The van der Waals surface area contributed by atoms with Gasteiger partial charge in [-0.15, -0.1) is 0 Å². The first-order chi connectivity index (χ1) is 10.8. The van der Waals surface area contributed by atoms with E-state index in [4.69, 9.17) is 5.73 Å². The van der Waals surface area contributed by atoms with Crippen molar-refractivity contribution in [1.29, 1.82) is 0 Å². The maximum Gasteiger partial charge on any atom is 0.417 e. The van der Waals surface area contributed by atoms with Gasteiger partial charge in [0.05, 0.1) is 16.8 Å². The molecule has 23 heavy (non-hydrogen) atoms. The Hall–Kier alpha value is -2.56. The molecule has 0 radical (unpaired) electrons. The fraction of sp³-hybridized carbons (Fsp3) is 0.167. The number of aryl methyl sites for hydroxylation is 2. The van der Waals surface area contributed by atoms with Crippen molar-refractivity contribution in [2.24, 2.45) is 0 Å². The Kier molecular flexibility index (Phi) is 3.51. The topological polar surface area (TPSA) is 38.9 Å². The number of fused-ring (bicyclic) bond motifs is 1. The molecule has 3 rings (SSSR count). The normalized spacial score (nSPS) is 11.9. The summed E-state index contributed by atoms with van der Waals surface area (Å²) in [5.74, 6) is 0. The quantitative estimate of drug-likeness (QED) is 0.633. The maximum absolute atomic E-state index is 13.5. The zero-order chi connectivity index (χ0) is 16.8. The van der Waals surface area contributed by atoms with Crippen LogP contribution in [0.15, 0.2) is 42.5 Å². The lowest BCUT2D eigenvalue weighted by molar-refractivity contribution is -0.136. The van der Waals surface area contributed by atoms with Crippen molar-refractivity contribution in [2.45, 2.75) is 20.0 Å². The van der Waals surface area contributed by atoms with Gasteiger partial charge in [-0.1, -0.05) is 35.9 Å². The number of anilines is 1. The zero-order valence-electron chi connectivity index (χ0n) is 12.7. The number of nitrogen functional groups attached to an aromatic ring is 1. The molecule has 0 aliphatic heterocycles. The molecule has 1 aromatic heterocycles. The third-order valence-corrected chi connectivity index (χ3v) is 3.93. The van der Waals surface area contributed by atoms with Crippen molar-refractivity contribution in [2.75, 3.05) is 5.73 Å². The van der Waals surface area contributed by atoms with E-state index in [1.165, 1.54) is 12.1 Å². The number of aromatic nitrogens is 1. The molecule has 0 bridgehead atoms. The van der Waals surface area contributed by atoms with Gasteiger partial charge in [-0.3, -0.25) is 0 Å². The largest absolute Gasteiger partial charge is 0.417 e. The fourth-order valence-electron chi connectivity index (χ4n) is 2.55. The molecule has 1 heterocycles. The maximum atomic E-state index is 13.5. The summed E-state index contributed by atoms with van der Waals surface area (Å²) in [6, 6.07) is 11.2. The van der Waals surface area contributed by atoms with Crippen molar-refractivity contribution in [3.63, 3.8) is 0 Å². The molecule has 0 saturated heterocycles. The van der Waals surface area contributed by atoms with Gasteiger partial charge in [0.2, 0.25) is 0 Å². The summed E-state index contributed by atoms with van der Waals surface area (Å²) in [5.41, 5.74) is 8.38. The second kappa shape index (κ2) is 5.26. The van der Waals surface area contributed by atoms with E-state index in [0.717, 1.165) is 11.6 Å². The van der Waals surface area contributed by atoms with Gasteiger partial charge >= 0.3 is 6.18 Å². The highest BCUT2D eigenvalue weighted by atomic mass is 19.4. The van der Waals surface area contributed by atoms with E-state index >= 15 is 0 Å². The lowest BCUT2D eigenvalue weighted by Crippen LogP contribution is -2.08. The van der Waals surface area contributed by atoms with Crippen LogP contribution in [0.3, 0.4) is 0 Å². The standard InChI is InChI=1S/C18H15F3N2/c1-10-3-5-12(6-4-10)16-9-14(18(19,20)21)13-7-8-15(22)11(2)17(13)23-16/h3-9H,22H2,1-2H3. The van der Waals surface area contributed by atoms with E-state index in [-0.39, 0.29) is 10.9 Å². The number of nitrogens with two attached hydrogens (primary N) is 1. The summed E-state index contributed by atoms with van der Waals surface area (Å²) in [5, 5.41) is 0.0695. The Bertz CT molecular complexity index is 881. The second-order valence-electron chi connectivity index (χ2n) is 5.59. The second-order valence-corrected chi connectivity index (χ2v) is 5.59. The average molecular weight is 316 g/mol. The molecule has 0 unspecified atom stereocenters. The first kappa shape index (κ1) is 15.3. The molecule has 0 spiro atoms. The van der Waals surface area contributed by atoms with Gasteiger partial charge in [0.15, 0.2) is 0 Å². The van der Waals surface area contributed by atoms with Crippen molar-refractivity contribution in [1.82, 2.24) is 4.98 Å². The molecule has 118 valence electrons. The predicted octanol–water partition coefficient (Wildman–Crippen LogP) is 5.12. The van der Waals surface area contributed by atoms with Gasteiger partial charge in [0, 0.05) is 16.6 Å². The molecular weight excluding hydrogens is 301 g/mol. The summed E-state index contributed by atoms with van der Waals surface area (Å²) in [6.45, 7) is 3.60. The molecule has 0 fully saturated rings. The van der Waals surface area contributed by atoms with Crippen LogP contribution in [0, 0.1) is 13.8 Å². The van der Waals surface area contributed by atoms with Crippen LogP contribution in [-0.4, -0.2) is 4.98 Å². The first-order valence-electron chi connectivity index (χ1n) is 7.11. The number of hydrogen-bond donors (Lipinski definition) is 1. The van der Waals surface area contributed by atoms with Gasteiger partial charge in [0.25, 0.3) is 0 Å². The minimum Gasteiger partial charge on any atom is -0.398 e. The summed E-state index contributed by atoms with van der Waals surface area (Å²) in [6.07, 6.45) is -4.46. The van der Waals surface area contributed by atoms with E-state index in [1.54, 1.807) is 19.1 Å². The van der Waals surface area contributed by atoms with E-state index in [9.17, 15) is 13.2 Å². The number of benzene rings is 2. The number of hydrogen-bond acceptors (Lipinski definition) is 2. The van der Waals surface area contributed by atoms with Crippen molar-refractivity contribution >= 4 is 16.6 Å². The third-order valence-electron chi connectivity index (χ3n) is 3.93. The van der Waals surface area contributed by atoms with Crippen molar-refractivity contribution < 1.29 is 13.2 Å². The molecule has 0 aliphatic rings. The molecule has 3 aromatic rings. The Morgan fingerprint density at radius 3 is 2.22 bits per heavy atom. The monoisotopic (exact) mass is 316 g/mol. The SMILES string of the molecule is Cc1ccc(-c2cc(C(F)(F)F)c3ccc(N)c(C)c3n2)cc1. The van der Waals surface area contributed by atoms with Gasteiger partial charge in [-0.25, -0.2) is 4.98 Å². The van der Waals surface area contributed by atoms with Crippen LogP contribution in [0.5, 0.6) is 0 Å². The van der Waals surface area contributed by atoms with Crippen LogP contribution in [0.2, 0.25) is 0 Å². The van der Waals surface area contributed by atoms with Gasteiger partial charge in [-0.2, -0.15) is 13.2 Å². The highest BCUT2D eigenvalue weighted by molar-refractivity contribution is 5.91. The minimum absolute atomic E-state index is 0.0695. The molecule has 5 heteroatoms. The summed E-state index contributed by atoms with van der Waals surface area (Å²) in [7, 11) is 0. The van der Waals surface area contributed by atoms with Crippen LogP contribution in [-0.2, 0) is 6.18 Å². The van der Waals surface area contributed by atoms with Crippen molar-refractivity contribution in [3.05, 3.63) is 59.2 Å². The molecule has 2 N–H and O–H groups in total. The van der Waals surface area contributed by atoms with Gasteiger partial charge in [-0.05, 0) is 31.5 Å². The van der Waals surface area contributed by atoms with E-state index in [0.29, 0.717) is 22.5 Å². The Morgan fingerprint density at radius 2 is 1.61 bits per heavy atom. The van der Waals surface area contributed by atoms with Crippen LogP contribution in [0.25, 0.3) is 22.2 Å². The minimum atomic E-state index is -4.46. The smallest absolute Gasteiger partial charge is 0.398 e. The third kappa shape index (κ3) is 2.74. The number of rotatable bonds is 1. The van der Waals surface area contributed by atoms with E-state index < -0.39 is 11.7 Å². The number of alkyl halides is 3. The highest BCUT2D eigenvalue weighted by Gasteiger charge is 2.33. The van der Waals surface area contributed by atoms with Gasteiger partial charge in [0.1, 0.15) is 0 Å². The van der Waals surface area contributed by atoms with E-state index in [1.807, 2.05) is 19.1 Å². The fourth-order valence-corrected chi connectivity index (χ4v) is 2.55. The number of halogens is 3. The van der Waals surface area contributed by atoms with Crippen LogP contribution >= 0.6 is 0 Å². The molecule has 0 saturated carbocycles. The van der Waals surface area contributed by atoms with Crippen LogP contribution in [0.4, 0.5) is 18.9 Å².